The zero-order chi connectivity index (χ0) is 102. The maximum atomic E-state index is 12.8. The number of aromatic amines is 3. The van der Waals surface area contributed by atoms with Gasteiger partial charge < -0.3 is 123 Å². The molecule has 0 fully saturated rings. The molecule has 141 heavy (non-hydrogen) atoms. The highest BCUT2D eigenvalue weighted by atomic mass is 32.1. The fourth-order valence-corrected chi connectivity index (χ4v) is 14.6. The SMILES string of the molecule is CC(C)(C)C(=O)c1cc2c(s1)CCN(C(=O)Cc1ccc(N)cc1)C2.COCCOCCOCCOCCOc1cc(C(=O)Nc2cnc3[nH]c(C(=O)C(C)(C)C)cc3c2)ccc1O.COCCOCCOCCOCCOc1ccc(C(=O)Nc2cnc3[nH]c(C(=O)C(C)(C)C)cc3c2)cc1.COCCOCCOCCOCCOc1ccc(C(=O)Nc2cnc3[nH]c(C(=O)C(C)(C)C)cc3c2)cc1O. The van der Waals surface area contributed by atoms with Crippen LogP contribution in [0.4, 0.5) is 22.7 Å². The van der Waals surface area contributed by atoms with E-state index in [2.05, 4.69) is 45.9 Å². The molecule has 0 atom stereocenters. The molecule has 0 saturated carbocycles. The van der Waals surface area contributed by atoms with Crippen molar-refractivity contribution in [2.45, 2.75) is 102 Å². The van der Waals surface area contributed by atoms with Crippen molar-refractivity contribution >= 4 is 114 Å². The first kappa shape index (κ1) is 112. The Labute approximate surface area is 825 Å². The molecule has 36 nitrogen and oxygen atoms in total. The Morgan fingerprint density at radius 2 is 0.730 bits per heavy atom. The van der Waals surface area contributed by atoms with Crippen molar-refractivity contribution in [1.82, 2.24) is 34.8 Å². The van der Waals surface area contributed by atoms with Crippen LogP contribution in [0.1, 0.15) is 171 Å². The Bertz CT molecular complexity index is 5850. The number of phenolic OH excluding ortho intramolecular Hbond substituents is 2. The largest absolute Gasteiger partial charge is 0.504 e. The predicted molar refractivity (Wildman–Crippen MR) is 537 cm³/mol. The van der Waals surface area contributed by atoms with E-state index in [1.165, 1.54) is 47.6 Å². The highest BCUT2D eigenvalue weighted by Crippen LogP contribution is 2.36. The molecule has 0 unspecified atom stereocenters. The van der Waals surface area contributed by atoms with Crippen LogP contribution in [0.2, 0.25) is 0 Å². The van der Waals surface area contributed by atoms with Gasteiger partial charge in [0, 0.05) is 99.5 Å². The molecular formula is C104H135N11O25S. The number of ketones is 4. The van der Waals surface area contributed by atoms with E-state index in [9.17, 15) is 48.6 Å². The summed E-state index contributed by atoms with van der Waals surface area (Å²) < 4.78 is 80.0. The third kappa shape index (κ3) is 37.5. The minimum atomic E-state index is -0.531. The first-order valence-corrected chi connectivity index (χ1v) is 47.4. The minimum Gasteiger partial charge on any atom is -0.504 e. The second-order valence-electron chi connectivity index (χ2n) is 36.7. The van der Waals surface area contributed by atoms with Crippen LogP contribution < -0.4 is 35.9 Å². The average Bonchev–Trinajstić information content (AvgIpc) is 1.67. The molecule has 8 heterocycles. The highest BCUT2D eigenvalue weighted by molar-refractivity contribution is 7.14. The summed E-state index contributed by atoms with van der Waals surface area (Å²) in [5.74, 6) is -0.0653. The number of hydrogen-bond donors (Lipinski definition) is 9. The lowest BCUT2D eigenvalue weighted by molar-refractivity contribution is -0.131. The summed E-state index contributed by atoms with van der Waals surface area (Å²) in [6.45, 7) is 34.5. The lowest BCUT2D eigenvalue weighted by Crippen LogP contribution is -2.36. The van der Waals surface area contributed by atoms with Gasteiger partial charge in [0.15, 0.2) is 46.1 Å². The number of methoxy groups -OCH3 is 3. The van der Waals surface area contributed by atoms with E-state index in [0.29, 0.717) is 243 Å². The van der Waals surface area contributed by atoms with Gasteiger partial charge in [0.05, 0.1) is 203 Å². The van der Waals surface area contributed by atoms with Gasteiger partial charge in [0.2, 0.25) is 5.91 Å². The third-order valence-corrected chi connectivity index (χ3v) is 22.2. The number of amides is 4. The van der Waals surface area contributed by atoms with Crippen molar-refractivity contribution < 1.29 is 120 Å². The molecule has 12 rings (SSSR count). The van der Waals surface area contributed by atoms with E-state index >= 15 is 0 Å². The summed E-state index contributed by atoms with van der Waals surface area (Å²) in [6.07, 6.45) is 5.77. The van der Waals surface area contributed by atoms with Crippen LogP contribution in [0, 0.1) is 21.7 Å². The minimum absolute atomic E-state index is 0.000415. The monoisotopic (exact) mass is 1970 g/mol. The van der Waals surface area contributed by atoms with E-state index in [-0.39, 0.29) is 88.7 Å². The second-order valence-corrected chi connectivity index (χ2v) is 37.8. The van der Waals surface area contributed by atoms with Crippen molar-refractivity contribution in [3.8, 4) is 28.7 Å². The number of ether oxygens (including phenoxy) is 15. The molecule has 0 bridgehead atoms. The number of benzene rings is 4. The summed E-state index contributed by atoms with van der Waals surface area (Å²) in [4.78, 5) is 127. The number of phenols is 2. The summed E-state index contributed by atoms with van der Waals surface area (Å²) in [7, 11) is 4.88. The summed E-state index contributed by atoms with van der Waals surface area (Å²) in [5, 5.41) is 31.0. The lowest BCUT2D eigenvalue weighted by atomic mass is 9.89. The molecule has 0 saturated heterocycles. The van der Waals surface area contributed by atoms with Crippen LogP contribution in [-0.2, 0) is 81.0 Å². The van der Waals surface area contributed by atoms with E-state index < -0.39 is 28.1 Å². The number of carbonyl (C=O) groups is 8. The van der Waals surface area contributed by atoms with Gasteiger partial charge in [-0.05, 0) is 133 Å². The zero-order valence-corrected chi connectivity index (χ0v) is 84.0. The molecule has 1 aliphatic heterocycles. The number of hydrogen-bond acceptors (Lipinski definition) is 30. The average molecular weight is 1970 g/mol. The fourth-order valence-electron chi connectivity index (χ4n) is 13.3. The number of anilines is 4. The van der Waals surface area contributed by atoms with Gasteiger partial charge >= 0.3 is 0 Å². The molecule has 4 aromatic carbocycles. The molecule has 762 valence electrons. The maximum Gasteiger partial charge on any atom is 0.255 e. The van der Waals surface area contributed by atoms with Crippen LogP contribution in [0.15, 0.2) is 146 Å². The Hall–Kier alpha value is -12.5. The van der Waals surface area contributed by atoms with Gasteiger partial charge in [0.1, 0.15) is 42.5 Å². The number of nitrogens with one attached hydrogen (secondary N) is 6. The Balaban J connectivity index is 0.000000212. The summed E-state index contributed by atoms with van der Waals surface area (Å²) >= 11 is 1.59. The summed E-state index contributed by atoms with van der Waals surface area (Å²) in [5.41, 5.74) is 12.2. The van der Waals surface area contributed by atoms with Crippen molar-refractivity contribution in [3.05, 3.63) is 201 Å². The predicted octanol–water partition coefficient (Wildman–Crippen LogP) is 15.5. The number of thiophene rings is 1. The topological polar surface area (TPSA) is 467 Å². The number of aromatic hydroxyl groups is 2. The normalized spacial score (nSPS) is 12.1. The van der Waals surface area contributed by atoms with Crippen molar-refractivity contribution in [1.29, 1.82) is 0 Å². The molecule has 4 amide bonds. The molecule has 7 aromatic heterocycles. The number of aromatic nitrogens is 6. The van der Waals surface area contributed by atoms with Gasteiger partial charge in [-0.15, -0.1) is 11.3 Å². The van der Waals surface area contributed by atoms with E-state index in [1.807, 2.05) is 118 Å². The maximum absolute atomic E-state index is 12.8. The van der Waals surface area contributed by atoms with Gasteiger partial charge in [0.25, 0.3) is 17.7 Å². The molecule has 0 aliphatic carbocycles. The van der Waals surface area contributed by atoms with Crippen molar-refractivity contribution in [2.24, 2.45) is 21.7 Å². The number of pyridine rings is 3. The van der Waals surface area contributed by atoms with Crippen LogP contribution >= 0.6 is 11.3 Å². The molecular weight excluding hydrogens is 1840 g/mol. The smallest absolute Gasteiger partial charge is 0.255 e. The zero-order valence-electron chi connectivity index (χ0n) is 83.2. The number of H-pyrrole nitrogens is 3. The van der Waals surface area contributed by atoms with Crippen LogP contribution in [0.25, 0.3) is 33.1 Å². The van der Waals surface area contributed by atoms with E-state index in [1.54, 1.807) is 106 Å². The van der Waals surface area contributed by atoms with Gasteiger partial charge in [-0.25, -0.2) is 15.0 Å². The van der Waals surface area contributed by atoms with E-state index in [0.717, 1.165) is 27.8 Å². The molecule has 37 heteroatoms. The molecule has 11 aromatic rings. The fraction of sp³-hybridized carbons (Fsp3) is 0.452. The first-order valence-electron chi connectivity index (χ1n) is 46.5. The van der Waals surface area contributed by atoms with E-state index in [4.69, 9.17) is 76.8 Å². The van der Waals surface area contributed by atoms with Gasteiger partial charge in [-0.2, -0.15) is 0 Å². The molecule has 0 radical (unpaired) electrons. The van der Waals surface area contributed by atoms with Gasteiger partial charge in [-0.1, -0.05) is 95.2 Å². The number of Topliss-reactive ketones (excluding diaryl/α,β-unsaturated/α-hetero) is 4. The molecule has 0 spiro atoms. The standard InChI is InChI=1S/2C28H37N3O8.C28H37N3O7.C20H24N2O2S/c1-28(2,3)25(33)22-16-20-15-21(18-29-26(20)31-22)30-27(34)19-5-6-24(23(32)17-19)39-14-13-38-12-11-37-10-9-36-8-7-35-4;1-28(2,3)25(33)22-16-20-15-21(18-29-26(20)31-22)30-27(34)19-5-6-23(32)24(17-19)39-14-13-38-12-11-37-10-9-36-8-7-35-4;1-28(2,3)25(32)24-18-21-17-22(19-29-26(21)31-24)30-27(33)20-5-7-23(8-6-20)38-16-15-37-14-13-36-12-11-35-10-9-34-4;1-20(2,3)19(24)17-11-14-12-22(9-8-16(14)25-17)18(23)10-13-4-6-15(21)7-5-13/h2*5-6,15-18,32H,7-14H2,1-4H3,(H,29,31)(H,30,34);5-8,17-19H,9-16H2,1-4H3,(H,29,31)(H,30,33);4-7,11H,8-10,12,21H2,1-3H3. The van der Waals surface area contributed by atoms with Crippen molar-refractivity contribution in [2.75, 3.05) is 208 Å². The lowest BCUT2D eigenvalue weighted by Gasteiger charge is -2.27. The van der Waals surface area contributed by atoms with Crippen LogP contribution in [0.5, 0.6) is 28.7 Å². The number of fused-ring (bicyclic) bond motifs is 4. The third-order valence-electron chi connectivity index (χ3n) is 21.0. The van der Waals surface area contributed by atoms with Crippen LogP contribution in [-0.4, -0.2) is 278 Å². The number of nitrogens with zero attached hydrogens (tertiary/aromatic N) is 4. The van der Waals surface area contributed by atoms with Crippen molar-refractivity contribution in [3.63, 3.8) is 0 Å². The van der Waals surface area contributed by atoms with Gasteiger partial charge in [-0.3, -0.25) is 38.4 Å². The highest BCUT2D eigenvalue weighted by Gasteiger charge is 2.32. The number of carbonyl (C=O) groups excluding carboxylic acids is 8. The molecule has 1 aliphatic rings. The number of nitrogens with two attached hydrogens (primary N) is 1. The molecule has 10 N–H and O–H groups in total. The Kier molecular flexibility index (Phi) is 44.7. The number of rotatable bonds is 51. The van der Waals surface area contributed by atoms with Crippen LogP contribution in [0.3, 0.4) is 0 Å². The second kappa shape index (κ2) is 56.2. The Morgan fingerprint density at radius 3 is 1.11 bits per heavy atom. The quantitative estimate of drug-likeness (QED) is 0.00971. The first-order chi connectivity index (χ1) is 67.4. The number of nitrogen functional groups attached to an aromatic ring is 1. The summed E-state index contributed by atoms with van der Waals surface area (Å²) in [6, 6.07) is 35.5. The Morgan fingerprint density at radius 1 is 0.383 bits per heavy atom.